The number of hydrogen-bond acceptors (Lipinski definition) is 4. The molecule has 0 aliphatic heterocycles. The quantitative estimate of drug-likeness (QED) is 0.482. The fourth-order valence-electron chi connectivity index (χ4n) is 1.24. The molecule has 0 fully saturated rings. The van der Waals surface area contributed by atoms with E-state index in [0.717, 1.165) is 3.57 Å². The van der Waals surface area contributed by atoms with Gasteiger partial charge < -0.3 is 10.6 Å². The van der Waals surface area contributed by atoms with Crippen LogP contribution in [0.25, 0.3) is 0 Å². The Morgan fingerprint density at radius 1 is 1.53 bits per heavy atom. The minimum atomic E-state index is -0.440. The van der Waals surface area contributed by atoms with E-state index in [9.17, 15) is 14.9 Å². The van der Waals surface area contributed by atoms with Gasteiger partial charge in [-0.1, -0.05) is 0 Å². The number of nitrogens with zero attached hydrogens (tertiary/aromatic N) is 1. The van der Waals surface area contributed by atoms with Gasteiger partial charge in [-0.2, -0.15) is 0 Å². The summed E-state index contributed by atoms with van der Waals surface area (Å²) in [4.78, 5) is 21.4. The topological polar surface area (TPSA) is 84.3 Å². The van der Waals surface area contributed by atoms with E-state index >= 15 is 0 Å². The van der Waals surface area contributed by atoms with Crippen LogP contribution in [0.1, 0.15) is 6.42 Å². The van der Waals surface area contributed by atoms with Crippen LogP contribution in [0.2, 0.25) is 0 Å². The Morgan fingerprint density at radius 2 is 2.24 bits per heavy atom. The Balaban J connectivity index is 2.70. The first-order valence-electron chi connectivity index (χ1n) is 4.93. The summed E-state index contributed by atoms with van der Waals surface area (Å²) in [6, 6.07) is 4.91. The van der Waals surface area contributed by atoms with E-state index in [2.05, 4.69) is 10.6 Å². The Kier molecular flexibility index (Phi) is 5.13. The number of anilines is 1. The molecule has 1 aromatic rings. The Morgan fingerprint density at radius 3 is 2.82 bits per heavy atom. The lowest BCUT2D eigenvalue weighted by Crippen LogP contribution is -2.21. The normalized spacial score (nSPS) is 9.76. The first kappa shape index (κ1) is 13.7. The molecule has 1 rings (SSSR count). The lowest BCUT2D eigenvalue weighted by atomic mass is 10.2. The average molecular weight is 349 g/mol. The Hall–Kier alpha value is -1.38. The number of amides is 1. The van der Waals surface area contributed by atoms with Crippen LogP contribution >= 0.6 is 22.6 Å². The fraction of sp³-hybridized carbons (Fsp3) is 0.300. The molecule has 0 unspecified atom stereocenters. The van der Waals surface area contributed by atoms with Crippen LogP contribution in [0.4, 0.5) is 11.4 Å². The van der Waals surface area contributed by atoms with Crippen molar-refractivity contribution in [3.05, 3.63) is 31.9 Å². The molecule has 1 amide bonds. The van der Waals surface area contributed by atoms with Gasteiger partial charge >= 0.3 is 0 Å². The highest BCUT2D eigenvalue weighted by molar-refractivity contribution is 14.1. The Labute approximate surface area is 112 Å². The summed E-state index contributed by atoms with van der Waals surface area (Å²) in [6.07, 6.45) is 0.277. The molecule has 0 spiro atoms. The number of benzene rings is 1. The number of rotatable bonds is 5. The van der Waals surface area contributed by atoms with Crippen LogP contribution in [0.15, 0.2) is 18.2 Å². The van der Waals surface area contributed by atoms with Gasteiger partial charge in [0.2, 0.25) is 5.91 Å². The monoisotopic (exact) mass is 349 g/mol. The molecule has 2 N–H and O–H groups in total. The maximum atomic E-state index is 11.0. The van der Waals surface area contributed by atoms with E-state index in [0.29, 0.717) is 12.2 Å². The molecule has 0 heterocycles. The van der Waals surface area contributed by atoms with Crippen LogP contribution in [-0.2, 0) is 4.79 Å². The predicted octanol–water partition coefficient (Wildman–Crippen LogP) is 1.75. The zero-order valence-electron chi connectivity index (χ0n) is 9.20. The highest BCUT2D eigenvalue weighted by Crippen LogP contribution is 2.26. The van der Waals surface area contributed by atoms with E-state index in [1.807, 2.05) is 22.6 Å². The summed E-state index contributed by atoms with van der Waals surface area (Å²) in [5.74, 6) is -0.106. The van der Waals surface area contributed by atoms with Crippen LogP contribution in [0, 0.1) is 13.7 Å². The van der Waals surface area contributed by atoms with Gasteiger partial charge in [0, 0.05) is 29.6 Å². The number of nitro groups is 1. The van der Waals surface area contributed by atoms with Gasteiger partial charge in [-0.15, -0.1) is 0 Å². The van der Waals surface area contributed by atoms with Crippen molar-refractivity contribution in [1.29, 1.82) is 0 Å². The summed E-state index contributed by atoms with van der Waals surface area (Å²) in [6.45, 7) is 0.362. The first-order chi connectivity index (χ1) is 8.04. The van der Waals surface area contributed by atoms with Crippen molar-refractivity contribution >= 4 is 39.9 Å². The molecule has 0 bridgehead atoms. The number of carbonyl (C=O) groups is 1. The maximum absolute atomic E-state index is 11.0. The molecule has 0 saturated heterocycles. The molecule has 92 valence electrons. The van der Waals surface area contributed by atoms with Gasteiger partial charge in [-0.05, 0) is 34.7 Å². The summed E-state index contributed by atoms with van der Waals surface area (Å²) in [7, 11) is 1.55. The van der Waals surface area contributed by atoms with Crippen molar-refractivity contribution in [3.63, 3.8) is 0 Å². The second-order valence-corrected chi connectivity index (χ2v) is 4.51. The van der Waals surface area contributed by atoms with E-state index < -0.39 is 4.92 Å². The standard InChI is InChI=1S/C10H12IN3O3/c1-12-10(15)4-5-13-8-3-2-7(11)6-9(8)14(16)17/h2-3,6,13H,4-5H2,1H3,(H,12,15). The van der Waals surface area contributed by atoms with Crippen molar-refractivity contribution in [3.8, 4) is 0 Å². The van der Waals surface area contributed by atoms with E-state index in [1.54, 1.807) is 19.2 Å². The van der Waals surface area contributed by atoms with Crippen molar-refractivity contribution in [2.75, 3.05) is 18.9 Å². The summed E-state index contributed by atoms with van der Waals surface area (Å²) < 4.78 is 0.797. The van der Waals surface area contributed by atoms with Crippen LogP contribution in [0.3, 0.4) is 0 Å². The molecular weight excluding hydrogens is 337 g/mol. The van der Waals surface area contributed by atoms with Crippen LogP contribution in [0.5, 0.6) is 0 Å². The van der Waals surface area contributed by atoms with Crippen molar-refractivity contribution < 1.29 is 9.72 Å². The van der Waals surface area contributed by atoms with E-state index in [4.69, 9.17) is 0 Å². The number of nitro benzene ring substituents is 1. The van der Waals surface area contributed by atoms with Crippen LogP contribution in [-0.4, -0.2) is 24.4 Å². The molecule has 1 aromatic carbocycles. The summed E-state index contributed by atoms with van der Waals surface area (Å²) >= 11 is 2.01. The molecule has 0 aromatic heterocycles. The van der Waals surface area contributed by atoms with Gasteiger partial charge in [-0.3, -0.25) is 14.9 Å². The zero-order valence-corrected chi connectivity index (χ0v) is 11.4. The molecule has 7 heteroatoms. The molecule has 17 heavy (non-hydrogen) atoms. The third-order valence-corrected chi connectivity index (χ3v) is 2.77. The van der Waals surface area contributed by atoms with Crippen molar-refractivity contribution in [1.82, 2.24) is 5.32 Å². The number of hydrogen-bond donors (Lipinski definition) is 2. The zero-order chi connectivity index (χ0) is 12.8. The van der Waals surface area contributed by atoms with E-state index in [-0.39, 0.29) is 18.0 Å². The highest BCUT2D eigenvalue weighted by atomic mass is 127. The molecule has 0 atom stereocenters. The molecule has 0 saturated carbocycles. The third kappa shape index (κ3) is 4.17. The highest BCUT2D eigenvalue weighted by Gasteiger charge is 2.13. The summed E-state index contributed by atoms with van der Waals surface area (Å²) in [5.41, 5.74) is 0.452. The summed E-state index contributed by atoms with van der Waals surface area (Å²) in [5, 5.41) is 16.2. The molecular formula is C10H12IN3O3. The largest absolute Gasteiger partial charge is 0.379 e. The number of carbonyl (C=O) groups excluding carboxylic acids is 1. The van der Waals surface area contributed by atoms with E-state index in [1.165, 1.54) is 6.07 Å². The molecule has 0 radical (unpaired) electrons. The minimum absolute atomic E-state index is 0.0220. The minimum Gasteiger partial charge on any atom is -0.379 e. The molecule has 6 nitrogen and oxygen atoms in total. The Bertz CT molecular complexity index is 437. The SMILES string of the molecule is CNC(=O)CCNc1ccc(I)cc1[N+](=O)[O-]. The van der Waals surface area contributed by atoms with Gasteiger partial charge in [0.1, 0.15) is 5.69 Å². The smallest absolute Gasteiger partial charge is 0.293 e. The van der Waals surface area contributed by atoms with Crippen molar-refractivity contribution in [2.45, 2.75) is 6.42 Å². The lowest BCUT2D eigenvalue weighted by Gasteiger charge is -2.06. The second kappa shape index (κ2) is 6.38. The molecule has 0 aliphatic rings. The first-order valence-corrected chi connectivity index (χ1v) is 6.01. The van der Waals surface area contributed by atoms with Crippen molar-refractivity contribution in [2.24, 2.45) is 0 Å². The predicted molar refractivity (Wildman–Crippen MR) is 73.0 cm³/mol. The fourth-order valence-corrected chi connectivity index (χ4v) is 1.72. The number of nitrogens with one attached hydrogen (secondary N) is 2. The maximum Gasteiger partial charge on any atom is 0.293 e. The number of halogens is 1. The lowest BCUT2D eigenvalue weighted by molar-refractivity contribution is -0.384. The third-order valence-electron chi connectivity index (χ3n) is 2.10. The average Bonchev–Trinajstić information content (AvgIpc) is 2.30. The van der Waals surface area contributed by atoms with Gasteiger partial charge in [0.05, 0.1) is 4.92 Å². The van der Waals surface area contributed by atoms with Crippen LogP contribution < -0.4 is 10.6 Å². The van der Waals surface area contributed by atoms with Gasteiger partial charge in [-0.25, -0.2) is 0 Å². The molecule has 0 aliphatic carbocycles. The van der Waals surface area contributed by atoms with Gasteiger partial charge in [0.15, 0.2) is 0 Å². The second-order valence-electron chi connectivity index (χ2n) is 3.27. The van der Waals surface area contributed by atoms with Gasteiger partial charge in [0.25, 0.3) is 5.69 Å².